The van der Waals surface area contributed by atoms with Crippen LogP contribution < -0.4 is 10.2 Å². The quantitative estimate of drug-likeness (QED) is 0.845. The minimum atomic E-state index is -3.49. The predicted octanol–water partition coefficient (Wildman–Crippen LogP) is 0.639. The van der Waals surface area contributed by atoms with E-state index in [0.717, 1.165) is 38.1 Å². The minimum Gasteiger partial charge on any atom is -0.369 e. The molecule has 0 aromatic heterocycles. The molecule has 0 bridgehead atoms. The zero-order chi connectivity index (χ0) is 12.5. The summed E-state index contributed by atoms with van der Waals surface area (Å²) in [6.07, 6.45) is 1.01. The largest absolute Gasteiger partial charge is 0.369 e. The van der Waals surface area contributed by atoms with Crippen molar-refractivity contribution in [3.63, 3.8) is 0 Å². The van der Waals surface area contributed by atoms with Gasteiger partial charge in [0.2, 0.25) is 0 Å². The van der Waals surface area contributed by atoms with E-state index in [1.807, 2.05) is 4.90 Å². The molecule has 0 aliphatic carbocycles. The van der Waals surface area contributed by atoms with E-state index >= 15 is 0 Å². The summed E-state index contributed by atoms with van der Waals surface area (Å²) in [6.45, 7) is 3.32. The first-order valence-corrected chi connectivity index (χ1v) is 7.33. The molecule has 0 spiro atoms. The summed E-state index contributed by atoms with van der Waals surface area (Å²) in [6, 6.07) is 4.29. The summed E-state index contributed by atoms with van der Waals surface area (Å²) in [5.74, 6) is -0.677. The fourth-order valence-corrected chi connectivity index (χ4v) is 2.64. The van der Waals surface area contributed by atoms with Crippen molar-refractivity contribution < 1.29 is 12.8 Å². The van der Waals surface area contributed by atoms with Crippen LogP contribution in [0.25, 0.3) is 0 Å². The van der Waals surface area contributed by atoms with Crippen molar-refractivity contribution in [2.75, 3.05) is 37.3 Å². The highest BCUT2D eigenvalue weighted by atomic mass is 32.2. The number of anilines is 1. The zero-order valence-corrected chi connectivity index (χ0v) is 10.4. The van der Waals surface area contributed by atoms with Gasteiger partial charge in [0.25, 0.3) is 0 Å². The number of halogens is 1. The maximum atomic E-state index is 13.7. The van der Waals surface area contributed by atoms with Gasteiger partial charge in [-0.25, -0.2) is 12.8 Å². The average molecular weight is 258 g/mol. The van der Waals surface area contributed by atoms with Crippen LogP contribution in [0, 0.1) is 5.82 Å². The van der Waals surface area contributed by atoms with Gasteiger partial charge in [0, 0.05) is 38.1 Å². The van der Waals surface area contributed by atoms with Crippen molar-refractivity contribution in [3.8, 4) is 0 Å². The summed E-state index contributed by atoms with van der Waals surface area (Å²) in [7, 11) is -3.49. The van der Waals surface area contributed by atoms with Gasteiger partial charge in [-0.3, -0.25) is 0 Å². The van der Waals surface area contributed by atoms with Crippen molar-refractivity contribution in [3.05, 3.63) is 24.0 Å². The Hall–Kier alpha value is -1.14. The number of benzene rings is 1. The van der Waals surface area contributed by atoms with Crippen LogP contribution in [-0.4, -0.2) is 40.9 Å². The third-order valence-corrected chi connectivity index (χ3v) is 3.93. The molecule has 0 atom stereocenters. The second-order valence-electron chi connectivity index (χ2n) is 4.12. The van der Waals surface area contributed by atoms with Gasteiger partial charge in [-0.15, -0.1) is 0 Å². The summed E-state index contributed by atoms with van der Waals surface area (Å²) in [5, 5.41) is 3.20. The van der Waals surface area contributed by atoms with Crippen molar-refractivity contribution in [1.29, 1.82) is 0 Å². The Bertz CT molecular complexity index is 510. The smallest absolute Gasteiger partial charge is 0.178 e. The number of nitrogens with one attached hydrogen (secondary N) is 1. The molecule has 0 unspecified atom stereocenters. The lowest BCUT2D eigenvalue weighted by Gasteiger charge is -2.29. The Morgan fingerprint density at radius 1 is 1.29 bits per heavy atom. The average Bonchev–Trinajstić information content (AvgIpc) is 2.28. The van der Waals surface area contributed by atoms with E-state index in [1.54, 1.807) is 6.07 Å². The Kier molecular flexibility index (Phi) is 3.35. The van der Waals surface area contributed by atoms with Crippen LogP contribution in [0.2, 0.25) is 0 Å². The van der Waals surface area contributed by atoms with Crippen molar-refractivity contribution in [2.24, 2.45) is 0 Å². The van der Waals surface area contributed by atoms with Crippen molar-refractivity contribution >= 4 is 15.5 Å². The van der Waals surface area contributed by atoms with E-state index < -0.39 is 15.7 Å². The molecule has 0 saturated carbocycles. The Labute approximate surface area is 100 Å². The molecule has 1 aliphatic rings. The van der Waals surface area contributed by atoms with E-state index in [9.17, 15) is 12.8 Å². The molecule has 0 radical (unpaired) electrons. The molecular weight excluding hydrogens is 243 g/mol. The lowest BCUT2D eigenvalue weighted by atomic mass is 10.2. The molecule has 17 heavy (non-hydrogen) atoms. The van der Waals surface area contributed by atoms with Gasteiger partial charge in [0.15, 0.2) is 9.84 Å². The molecule has 1 N–H and O–H groups in total. The van der Waals surface area contributed by atoms with Gasteiger partial charge in [-0.2, -0.15) is 0 Å². The third-order valence-electron chi connectivity index (χ3n) is 2.80. The van der Waals surface area contributed by atoms with Crippen LogP contribution in [0.4, 0.5) is 10.1 Å². The molecule has 1 fully saturated rings. The second-order valence-corrected chi connectivity index (χ2v) is 6.11. The normalized spacial score (nSPS) is 17.2. The van der Waals surface area contributed by atoms with Crippen LogP contribution in [-0.2, 0) is 9.84 Å². The first kappa shape index (κ1) is 12.3. The van der Waals surface area contributed by atoms with E-state index in [1.165, 1.54) is 12.1 Å². The first-order valence-electron chi connectivity index (χ1n) is 5.44. The monoisotopic (exact) mass is 258 g/mol. The number of rotatable bonds is 2. The predicted molar refractivity (Wildman–Crippen MR) is 64.6 cm³/mol. The van der Waals surface area contributed by atoms with Gasteiger partial charge in [0.05, 0.1) is 0 Å². The van der Waals surface area contributed by atoms with Crippen molar-refractivity contribution in [1.82, 2.24) is 5.32 Å². The highest BCUT2D eigenvalue weighted by Gasteiger charge is 2.16. The van der Waals surface area contributed by atoms with E-state index in [0.29, 0.717) is 0 Å². The SMILES string of the molecule is CS(=O)(=O)c1ccc(N2CCNCC2)cc1F. The Morgan fingerprint density at radius 2 is 1.94 bits per heavy atom. The molecular formula is C11H15FN2O2S. The van der Waals surface area contributed by atoms with Gasteiger partial charge < -0.3 is 10.2 Å². The van der Waals surface area contributed by atoms with E-state index in [4.69, 9.17) is 0 Å². The Morgan fingerprint density at radius 3 is 2.47 bits per heavy atom. The Balaban J connectivity index is 2.30. The fraction of sp³-hybridized carbons (Fsp3) is 0.455. The fourth-order valence-electron chi connectivity index (χ4n) is 1.91. The molecule has 4 nitrogen and oxygen atoms in total. The van der Waals surface area contributed by atoms with Gasteiger partial charge >= 0.3 is 0 Å². The van der Waals surface area contributed by atoms with Gasteiger partial charge in [0.1, 0.15) is 10.7 Å². The molecule has 6 heteroatoms. The number of nitrogens with zero attached hydrogens (tertiary/aromatic N) is 1. The molecule has 1 heterocycles. The van der Waals surface area contributed by atoms with E-state index in [-0.39, 0.29) is 4.90 Å². The van der Waals surface area contributed by atoms with Crippen LogP contribution in [0.15, 0.2) is 23.1 Å². The molecule has 94 valence electrons. The number of sulfone groups is 1. The summed E-state index contributed by atoms with van der Waals surface area (Å²) < 4.78 is 36.2. The molecule has 1 aromatic rings. The lowest BCUT2D eigenvalue weighted by Crippen LogP contribution is -2.43. The minimum absolute atomic E-state index is 0.239. The third kappa shape index (κ3) is 2.76. The van der Waals surface area contributed by atoms with Gasteiger partial charge in [-0.05, 0) is 18.2 Å². The summed E-state index contributed by atoms with van der Waals surface area (Å²) in [5.41, 5.74) is 0.733. The standard InChI is InChI=1S/C11H15FN2O2S/c1-17(15,16)11-3-2-9(8-10(11)12)14-6-4-13-5-7-14/h2-3,8,13H,4-7H2,1H3. The number of piperazine rings is 1. The first-order chi connectivity index (χ1) is 7.98. The molecule has 1 aromatic carbocycles. The highest BCUT2D eigenvalue weighted by Crippen LogP contribution is 2.22. The number of hydrogen-bond acceptors (Lipinski definition) is 4. The van der Waals surface area contributed by atoms with Gasteiger partial charge in [-0.1, -0.05) is 0 Å². The maximum absolute atomic E-state index is 13.7. The molecule has 2 rings (SSSR count). The summed E-state index contributed by atoms with van der Waals surface area (Å²) in [4.78, 5) is 1.79. The molecule has 1 saturated heterocycles. The summed E-state index contributed by atoms with van der Waals surface area (Å²) >= 11 is 0. The van der Waals surface area contributed by atoms with Crippen LogP contribution in [0.3, 0.4) is 0 Å². The second kappa shape index (κ2) is 4.62. The molecule has 1 aliphatic heterocycles. The zero-order valence-electron chi connectivity index (χ0n) is 9.61. The van der Waals surface area contributed by atoms with Crippen LogP contribution >= 0.6 is 0 Å². The lowest BCUT2D eigenvalue weighted by molar-refractivity contribution is 0.565. The van der Waals surface area contributed by atoms with Crippen LogP contribution in [0.1, 0.15) is 0 Å². The maximum Gasteiger partial charge on any atom is 0.178 e. The van der Waals surface area contributed by atoms with E-state index in [2.05, 4.69) is 5.32 Å². The topological polar surface area (TPSA) is 49.4 Å². The highest BCUT2D eigenvalue weighted by molar-refractivity contribution is 7.90. The van der Waals surface area contributed by atoms with Crippen LogP contribution in [0.5, 0.6) is 0 Å². The number of hydrogen-bond donors (Lipinski definition) is 1. The van der Waals surface area contributed by atoms with Crippen molar-refractivity contribution in [2.45, 2.75) is 4.90 Å². The molecule has 0 amide bonds.